The molecule has 9 heteroatoms. The van der Waals surface area contributed by atoms with E-state index < -0.39 is 11.7 Å². The topological polar surface area (TPSA) is 41.3 Å². The Hall–Kier alpha value is -0.240. The fraction of sp³-hybridized carbons (Fsp3) is 0.538. The molecule has 1 aliphatic heterocycles. The Balaban J connectivity index is 0. The minimum Gasteiger partial charge on any atom is -0.329 e. The normalized spacial score (nSPS) is 16.7. The molecule has 0 bridgehead atoms. The van der Waals surface area contributed by atoms with Gasteiger partial charge in [-0.1, -0.05) is 12.1 Å². The van der Waals surface area contributed by atoms with Gasteiger partial charge in [-0.3, -0.25) is 4.90 Å². The second-order valence-electron chi connectivity index (χ2n) is 4.66. The van der Waals surface area contributed by atoms with E-state index in [4.69, 9.17) is 5.73 Å². The van der Waals surface area contributed by atoms with Crippen molar-refractivity contribution in [1.29, 1.82) is 0 Å². The second-order valence-corrected chi connectivity index (χ2v) is 4.66. The van der Waals surface area contributed by atoms with E-state index in [-0.39, 0.29) is 43.3 Å². The molecule has 0 radical (unpaired) electrons. The fourth-order valence-electron chi connectivity index (χ4n) is 2.38. The number of piperazine rings is 1. The highest BCUT2D eigenvalue weighted by atomic mass is 35.5. The summed E-state index contributed by atoms with van der Waals surface area (Å²) in [4.78, 5) is 2.21. The number of alkyl halides is 3. The molecule has 2 rings (SSSR count). The third-order valence-electron chi connectivity index (χ3n) is 3.44. The molecule has 0 spiro atoms. The lowest BCUT2D eigenvalue weighted by molar-refractivity contribution is -0.137. The lowest BCUT2D eigenvalue weighted by Crippen LogP contribution is -2.46. The molecule has 1 fully saturated rings. The predicted molar refractivity (Wildman–Crippen MR) is 89.4 cm³/mol. The summed E-state index contributed by atoms with van der Waals surface area (Å²) < 4.78 is 37.5. The van der Waals surface area contributed by atoms with Crippen LogP contribution in [0.2, 0.25) is 0 Å². The van der Waals surface area contributed by atoms with Gasteiger partial charge in [-0.25, -0.2) is 0 Å². The van der Waals surface area contributed by atoms with Gasteiger partial charge in [0.25, 0.3) is 0 Å². The van der Waals surface area contributed by atoms with Gasteiger partial charge in [-0.2, -0.15) is 13.2 Å². The number of nitrogens with two attached hydrogens (primary N) is 1. The van der Waals surface area contributed by atoms with Crippen LogP contribution in [0.15, 0.2) is 24.3 Å². The molecule has 1 saturated heterocycles. The van der Waals surface area contributed by atoms with Crippen LogP contribution in [0.5, 0.6) is 0 Å². The third-order valence-corrected chi connectivity index (χ3v) is 3.44. The highest BCUT2D eigenvalue weighted by molar-refractivity contribution is 5.86. The number of nitrogens with one attached hydrogen (secondary N) is 1. The molecule has 3 N–H and O–H groups in total. The zero-order valence-corrected chi connectivity index (χ0v) is 14.3. The van der Waals surface area contributed by atoms with Gasteiger partial charge < -0.3 is 11.1 Å². The van der Waals surface area contributed by atoms with Crippen LogP contribution in [0, 0.1) is 0 Å². The van der Waals surface area contributed by atoms with Crippen molar-refractivity contribution in [3.05, 3.63) is 35.4 Å². The number of halogens is 6. The Bertz CT molecular complexity index is 409. The summed E-state index contributed by atoms with van der Waals surface area (Å²) >= 11 is 0. The number of hydrogen-bond acceptors (Lipinski definition) is 3. The Morgan fingerprint density at radius 3 is 1.95 bits per heavy atom. The summed E-state index contributed by atoms with van der Waals surface area (Å²) in [6.45, 7) is 3.91. The van der Waals surface area contributed by atoms with Crippen molar-refractivity contribution in [2.24, 2.45) is 5.73 Å². The van der Waals surface area contributed by atoms with Crippen LogP contribution in [0.3, 0.4) is 0 Å². The Kier molecular flexibility index (Phi) is 11.5. The van der Waals surface area contributed by atoms with E-state index in [0.29, 0.717) is 6.54 Å². The highest BCUT2D eigenvalue weighted by Gasteiger charge is 2.30. The van der Waals surface area contributed by atoms with Crippen molar-refractivity contribution >= 4 is 37.2 Å². The summed E-state index contributed by atoms with van der Waals surface area (Å²) in [6.07, 6.45) is -4.29. The number of benzene rings is 1. The summed E-state index contributed by atoms with van der Waals surface area (Å²) in [6, 6.07) is 5.30. The molecule has 1 heterocycles. The Labute approximate surface area is 147 Å². The van der Waals surface area contributed by atoms with Crippen LogP contribution in [0.1, 0.15) is 17.2 Å². The van der Waals surface area contributed by atoms with Crippen LogP contribution in [0.4, 0.5) is 13.2 Å². The van der Waals surface area contributed by atoms with Gasteiger partial charge in [0.15, 0.2) is 0 Å². The monoisotopic (exact) mass is 381 g/mol. The summed E-state index contributed by atoms with van der Waals surface area (Å²) in [5.41, 5.74) is 6.00. The van der Waals surface area contributed by atoms with Crippen molar-refractivity contribution in [2.75, 3.05) is 32.7 Å². The molecule has 0 saturated carbocycles. The van der Waals surface area contributed by atoms with E-state index >= 15 is 0 Å². The molecule has 22 heavy (non-hydrogen) atoms. The molecule has 1 unspecified atom stereocenters. The maximum atomic E-state index is 12.5. The standard InChI is InChI=1S/C13H18F3N3.3ClH/c14-13(15,16)11-3-1-10(2-4-11)12(9-17)19-7-5-18-6-8-19;;;/h1-4,12,18H,5-9,17H2;3*1H. The molecular weight excluding hydrogens is 362 g/mol. The molecule has 3 nitrogen and oxygen atoms in total. The van der Waals surface area contributed by atoms with E-state index in [1.165, 1.54) is 12.1 Å². The van der Waals surface area contributed by atoms with Crippen LogP contribution >= 0.6 is 37.2 Å². The van der Waals surface area contributed by atoms with Crippen LogP contribution in [0.25, 0.3) is 0 Å². The summed E-state index contributed by atoms with van der Waals surface area (Å²) in [7, 11) is 0. The third kappa shape index (κ3) is 6.10. The fourth-order valence-corrected chi connectivity index (χ4v) is 2.38. The van der Waals surface area contributed by atoms with Gasteiger partial charge in [0.05, 0.1) is 5.56 Å². The van der Waals surface area contributed by atoms with Crippen molar-refractivity contribution in [3.8, 4) is 0 Å². The first-order valence-electron chi connectivity index (χ1n) is 6.34. The van der Waals surface area contributed by atoms with E-state index in [9.17, 15) is 13.2 Å². The van der Waals surface area contributed by atoms with Crippen molar-refractivity contribution in [3.63, 3.8) is 0 Å². The molecule has 1 atom stereocenters. The maximum Gasteiger partial charge on any atom is 0.416 e. The van der Waals surface area contributed by atoms with E-state index in [2.05, 4.69) is 10.2 Å². The average molecular weight is 383 g/mol. The smallest absolute Gasteiger partial charge is 0.329 e. The van der Waals surface area contributed by atoms with E-state index in [1.807, 2.05) is 0 Å². The van der Waals surface area contributed by atoms with Gasteiger partial charge in [0.1, 0.15) is 0 Å². The molecule has 1 aliphatic rings. The Morgan fingerprint density at radius 2 is 1.55 bits per heavy atom. The molecule has 0 amide bonds. The highest BCUT2D eigenvalue weighted by Crippen LogP contribution is 2.30. The first kappa shape index (κ1) is 24.0. The zero-order chi connectivity index (χ0) is 13.9. The summed E-state index contributed by atoms with van der Waals surface area (Å²) in [5.74, 6) is 0. The maximum absolute atomic E-state index is 12.5. The minimum absolute atomic E-state index is 0. The lowest BCUT2D eigenvalue weighted by Gasteiger charge is -2.34. The largest absolute Gasteiger partial charge is 0.416 e. The average Bonchev–Trinajstić information content (AvgIpc) is 2.40. The molecule has 0 aromatic heterocycles. The van der Waals surface area contributed by atoms with Gasteiger partial charge in [0, 0.05) is 38.8 Å². The number of nitrogens with zero attached hydrogens (tertiary/aromatic N) is 1. The first-order chi connectivity index (χ1) is 9.02. The molecule has 0 aliphatic carbocycles. The van der Waals surface area contributed by atoms with Crippen molar-refractivity contribution in [1.82, 2.24) is 10.2 Å². The Morgan fingerprint density at radius 1 is 1.05 bits per heavy atom. The van der Waals surface area contributed by atoms with Crippen LogP contribution in [-0.4, -0.2) is 37.6 Å². The predicted octanol–water partition coefficient (Wildman–Crippen LogP) is 2.88. The van der Waals surface area contributed by atoms with Gasteiger partial charge in [-0.15, -0.1) is 37.2 Å². The molecule has 1 aromatic carbocycles. The minimum atomic E-state index is -4.29. The molecule has 1 aromatic rings. The van der Waals surface area contributed by atoms with Crippen molar-refractivity contribution in [2.45, 2.75) is 12.2 Å². The lowest BCUT2D eigenvalue weighted by atomic mass is 10.0. The zero-order valence-electron chi connectivity index (χ0n) is 11.8. The number of hydrogen-bond donors (Lipinski definition) is 2. The van der Waals surface area contributed by atoms with E-state index in [0.717, 1.165) is 43.9 Å². The van der Waals surface area contributed by atoms with Crippen molar-refractivity contribution < 1.29 is 13.2 Å². The van der Waals surface area contributed by atoms with Gasteiger partial charge in [-0.05, 0) is 17.7 Å². The summed E-state index contributed by atoms with van der Waals surface area (Å²) in [5, 5.41) is 3.24. The quantitative estimate of drug-likeness (QED) is 0.844. The van der Waals surface area contributed by atoms with Crippen LogP contribution in [-0.2, 0) is 6.18 Å². The van der Waals surface area contributed by atoms with Gasteiger partial charge >= 0.3 is 6.18 Å². The number of rotatable bonds is 3. The van der Waals surface area contributed by atoms with Crippen LogP contribution < -0.4 is 11.1 Å². The molecule has 130 valence electrons. The molecular formula is C13H21Cl3F3N3. The van der Waals surface area contributed by atoms with E-state index in [1.54, 1.807) is 0 Å². The SMILES string of the molecule is Cl.Cl.Cl.NCC(c1ccc(C(F)(F)F)cc1)N1CCNCC1. The van der Waals surface area contributed by atoms with Gasteiger partial charge in [0.2, 0.25) is 0 Å². The first-order valence-corrected chi connectivity index (χ1v) is 6.34. The second kappa shape index (κ2) is 10.5.